The van der Waals surface area contributed by atoms with Gasteiger partial charge in [0.1, 0.15) is 0 Å². The van der Waals surface area contributed by atoms with Gasteiger partial charge >= 0.3 is 0 Å². The Hall–Kier alpha value is -2.06. The van der Waals surface area contributed by atoms with Gasteiger partial charge < -0.3 is 4.74 Å². The number of nitrogens with zero attached hydrogens (tertiary/aromatic N) is 3. The van der Waals surface area contributed by atoms with Gasteiger partial charge in [-0.05, 0) is 44.2 Å². The summed E-state index contributed by atoms with van der Waals surface area (Å²) in [5.74, 6) is -0.140. The highest BCUT2D eigenvalue weighted by Gasteiger charge is 2.63. The first kappa shape index (κ1) is 20.8. The highest BCUT2D eigenvalue weighted by molar-refractivity contribution is 8.03. The third-order valence-corrected chi connectivity index (χ3v) is 7.83. The van der Waals surface area contributed by atoms with E-state index in [2.05, 4.69) is 4.90 Å². The molecule has 3 heterocycles. The molecule has 6 nitrogen and oxygen atoms in total. The van der Waals surface area contributed by atoms with Crippen molar-refractivity contribution in [2.45, 2.75) is 24.0 Å². The van der Waals surface area contributed by atoms with E-state index in [-0.39, 0.29) is 17.1 Å². The maximum atomic E-state index is 14.1. The number of carbonyl (C=O) groups excluding carboxylic acids is 2. The summed E-state index contributed by atoms with van der Waals surface area (Å²) in [5, 5.41) is 0.254. The normalized spacial score (nSPS) is 26.2. The fraction of sp³-hybridized carbons (Fsp3) is 0.391. The molecule has 8 heteroatoms. The van der Waals surface area contributed by atoms with Crippen LogP contribution in [0, 0.1) is 6.92 Å². The quantitative estimate of drug-likeness (QED) is 0.704. The van der Waals surface area contributed by atoms with Gasteiger partial charge in [-0.25, -0.2) is 0 Å². The Morgan fingerprint density at radius 2 is 1.84 bits per heavy atom. The molecule has 2 atom stereocenters. The van der Waals surface area contributed by atoms with Crippen molar-refractivity contribution in [3.8, 4) is 0 Å². The number of aryl methyl sites for hydroxylation is 1. The number of carbonyl (C=O) groups is 2. The number of morpholine rings is 1. The predicted octanol–water partition coefficient (Wildman–Crippen LogP) is 3.61. The van der Waals surface area contributed by atoms with Gasteiger partial charge in [0.25, 0.3) is 5.91 Å². The van der Waals surface area contributed by atoms with E-state index < -0.39 is 4.87 Å². The van der Waals surface area contributed by atoms with Crippen molar-refractivity contribution in [2.75, 3.05) is 42.8 Å². The summed E-state index contributed by atoms with van der Waals surface area (Å²) in [4.78, 5) is 32.1. The van der Waals surface area contributed by atoms with Crippen LogP contribution in [0.2, 0.25) is 5.02 Å². The number of ether oxygens (including phenoxy) is 1. The average molecular weight is 458 g/mol. The van der Waals surface area contributed by atoms with Gasteiger partial charge in [-0.2, -0.15) is 0 Å². The summed E-state index contributed by atoms with van der Waals surface area (Å²) in [6.07, 6.45) is 0. The molecule has 2 aromatic carbocycles. The van der Waals surface area contributed by atoms with Crippen LogP contribution in [0.1, 0.15) is 18.1 Å². The lowest BCUT2D eigenvalue weighted by atomic mass is 10.0. The molecule has 0 bridgehead atoms. The largest absolute Gasteiger partial charge is 0.379 e. The Bertz CT molecular complexity index is 1040. The molecule has 0 unspecified atom stereocenters. The number of rotatable bonds is 3. The Morgan fingerprint density at radius 3 is 2.55 bits per heavy atom. The minimum Gasteiger partial charge on any atom is -0.379 e. The van der Waals surface area contributed by atoms with Crippen LogP contribution in [0.4, 0.5) is 11.4 Å². The van der Waals surface area contributed by atoms with Gasteiger partial charge in [0, 0.05) is 29.4 Å². The molecule has 0 radical (unpaired) electrons. The number of anilines is 2. The van der Waals surface area contributed by atoms with Crippen LogP contribution in [0.15, 0.2) is 42.5 Å². The zero-order chi connectivity index (χ0) is 21.8. The number of hydrogen-bond acceptors (Lipinski definition) is 5. The molecule has 5 rings (SSSR count). The molecule has 0 saturated carbocycles. The first-order valence-electron chi connectivity index (χ1n) is 10.4. The molecule has 0 N–H and O–H groups in total. The highest BCUT2D eigenvalue weighted by Crippen LogP contribution is 2.58. The summed E-state index contributed by atoms with van der Waals surface area (Å²) < 4.78 is 5.47. The molecule has 2 saturated heterocycles. The lowest BCUT2D eigenvalue weighted by Gasteiger charge is -2.35. The van der Waals surface area contributed by atoms with E-state index in [4.69, 9.17) is 16.3 Å². The van der Waals surface area contributed by atoms with E-state index in [1.807, 2.05) is 49.1 Å². The standard InChI is InChI=1S/C23H24ClN3O3S/c1-15-3-8-20-19(13-15)23(22(29)26(20)14-25-9-11-30-12-10-25)27(21(28)16(2)31-23)18-6-4-17(24)5-7-18/h3-8,13,16H,9-12,14H2,1-2H3/t16-,23-/m1/s1. The molecule has 3 aliphatic rings. The first-order chi connectivity index (χ1) is 14.9. The first-order valence-corrected chi connectivity index (χ1v) is 11.7. The van der Waals surface area contributed by atoms with E-state index in [0.29, 0.717) is 30.6 Å². The number of halogens is 1. The van der Waals surface area contributed by atoms with Gasteiger partial charge in [0.2, 0.25) is 10.8 Å². The van der Waals surface area contributed by atoms with Crippen molar-refractivity contribution in [2.24, 2.45) is 0 Å². The van der Waals surface area contributed by atoms with Gasteiger partial charge in [-0.3, -0.25) is 24.3 Å². The minimum atomic E-state index is -1.11. The second kappa shape index (κ2) is 7.81. The monoisotopic (exact) mass is 457 g/mol. The maximum Gasteiger partial charge on any atom is 0.269 e. The zero-order valence-electron chi connectivity index (χ0n) is 17.5. The highest BCUT2D eigenvalue weighted by atomic mass is 35.5. The third-order valence-electron chi connectivity index (χ3n) is 6.10. The Labute approximate surface area is 191 Å². The number of amides is 2. The molecular formula is C23H24ClN3O3S. The lowest BCUT2D eigenvalue weighted by molar-refractivity contribution is -0.124. The van der Waals surface area contributed by atoms with Crippen molar-refractivity contribution >= 4 is 46.6 Å². The van der Waals surface area contributed by atoms with Crippen molar-refractivity contribution in [3.05, 3.63) is 58.6 Å². The summed E-state index contributed by atoms with van der Waals surface area (Å²) in [7, 11) is 0. The molecule has 0 aliphatic carbocycles. The Balaban J connectivity index is 1.64. The smallest absolute Gasteiger partial charge is 0.269 e. The van der Waals surface area contributed by atoms with Crippen molar-refractivity contribution < 1.29 is 14.3 Å². The van der Waals surface area contributed by atoms with Crippen molar-refractivity contribution in [1.82, 2.24) is 4.90 Å². The van der Waals surface area contributed by atoms with Gasteiger partial charge in [-0.15, -0.1) is 11.8 Å². The number of fused-ring (bicyclic) bond motifs is 2. The summed E-state index contributed by atoms with van der Waals surface area (Å²) in [6, 6.07) is 13.2. The van der Waals surface area contributed by atoms with Gasteiger partial charge in [0.15, 0.2) is 0 Å². The zero-order valence-corrected chi connectivity index (χ0v) is 19.1. The average Bonchev–Trinajstić information content (AvgIpc) is 3.16. The molecule has 2 aromatic rings. The van der Waals surface area contributed by atoms with Gasteiger partial charge in [-0.1, -0.05) is 29.3 Å². The second-order valence-electron chi connectivity index (χ2n) is 8.18. The minimum absolute atomic E-state index is 0.0682. The van der Waals surface area contributed by atoms with E-state index >= 15 is 0 Å². The molecule has 3 aliphatic heterocycles. The van der Waals surface area contributed by atoms with E-state index in [9.17, 15) is 9.59 Å². The molecule has 0 aromatic heterocycles. The topological polar surface area (TPSA) is 53.1 Å². The third kappa shape index (κ3) is 3.26. The number of benzene rings is 2. The summed E-state index contributed by atoms with van der Waals surface area (Å²) in [6.45, 7) is 7.25. The van der Waals surface area contributed by atoms with Crippen LogP contribution in [0.3, 0.4) is 0 Å². The number of hydrogen-bond donors (Lipinski definition) is 0. The molecular weight excluding hydrogens is 434 g/mol. The van der Waals surface area contributed by atoms with Crippen LogP contribution in [0.25, 0.3) is 0 Å². The molecule has 162 valence electrons. The molecule has 2 fully saturated rings. The van der Waals surface area contributed by atoms with E-state index in [0.717, 1.165) is 29.9 Å². The van der Waals surface area contributed by atoms with Crippen molar-refractivity contribution in [3.63, 3.8) is 0 Å². The summed E-state index contributed by atoms with van der Waals surface area (Å²) >= 11 is 7.52. The van der Waals surface area contributed by atoms with Crippen LogP contribution < -0.4 is 9.80 Å². The summed E-state index contributed by atoms with van der Waals surface area (Å²) in [5.41, 5.74) is 3.49. The number of thioether (sulfide) groups is 1. The molecule has 31 heavy (non-hydrogen) atoms. The van der Waals surface area contributed by atoms with Crippen LogP contribution in [-0.2, 0) is 19.2 Å². The van der Waals surface area contributed by atoms with Crippen molar-refractivity contribution in [1.29, 1.82) is 0 Å². The lowest BCUT2D eigenvalue weighted by Crippen LogP contribution is -2.52. The van der Waals surface area contributed by atoms with Crippen LogP contribution >= 0.6 is 23.4 Å². The Kier molecular flexibility index (Phi) is 5.25. The SMILES string of the molecule is Cc1ccc2c(c1)[C@@]1(S[C@H](C)C(=O)N1c1ccc(Cl)cc1)C(=O)N2CN1CCOCC1. The maximum absolute atomic E-state index is 14.1. The fourth-order valence-corrected chi connectivity index (χ4v) is 6.22. The predicted molar refractivity (Wildman–Crippen MR) is 124 cm³/mol. The Morgan fingerprint density at radius 1 is 1.13 bits per heavy atom. The second-order valence-corrected chi connectivity index (χ2v) is 10.1. The van der Waals surface area contributed by atoms with Crippen LogP contribution in [-0.4, -0.2) is 54.9 Å². The molecule has 1 spiro atoms. The fourth-order valence-electron chi connectivity index (χ4n) is 4.57. The van der Waals surface area contributed by atoms with E-state index in [1.54, 1.807) is 17.0 Å². The van der Waals surface area contributed by atoms with Crippen LogP contribution in [0.5, 0.6) is 0 Å². The van der Waals surface area contributed by atoms with E-state index in [1.165, 1.54) is 11.8 Å². The van der Waals surface area contributed by atoms with Gasteiger partial charge in [0.05, 0.1) is 30.8 Å². The molecule has 2 amide bonds.